The van der Waals surface area contributed by atoms with Gasteiger partial charge in [0.1, 0.15) is 23.3 Å². The number of anilines is 1. The van der Waals surface area contributed by atoms with Gasteiger partial charge in [0, 0.05) is 28.9 Å². The van der Waals surface area contributed by atoms with Crippen molar-refractivity contribution in [2.75, 3.05) is 5.32 Å². The van der Waals surface area contributed by atoms with Gasteiger partial charge in [-0.25, -0.2) is 17.6 Å². The summed E-state index contributed by atoms with van der Waals surface area (Å²) in [6.45, 7) is 1.61. The van der Waals surface area contributed by atoms with Crippen molar-refractivity contribution in [3.05, 3.63) is 101 Å². The van der Waals surface area contributed by atoms with Crippen LogP contribution in [0.4, 0.5) is 23.2 Å². The minimum absolute atomic E-state index is 0.198. The van der Waals surface area contributed by atoms with Crippen LogP contribution in [0.15, 0.2) is 60.7 Å². The molecule has 0 unspecified atom stereocenters. The van der Waals surface area contributed by atoms with Crippen molar-refractivity contribution in [2.45, 2.75) is 13.0 Å². The Labute approximate surface area is 169 Å². The predicted octanol–water partition coefficient (Wildman–Crippen LogP) is 4.99. The third kappa shape index (κ3) is 5.02. The van der Waals surface area contributed by atoms with Gasteiger partial charge in [-0.1, -0.05) is 18.2 Å². The number of amides is 2. The van der Waals surface area contributed by atoms with Gasteiger partial charge in [-0.2, -0.15) is 0 Å². The highest BCUT2D eigenvalue weighted by atomic mass is 19.1. The molecule has 3 aromatic rings. The summed E-state index contributed by atoms with van der Waals surface area (Å²) in [6.07, 6.45) is 0. The third-order valence-corrected chi connectivity index (χ3v) is 4.27. The summed E-state index contributed by atoms with van der Waals surface area (Å²) in [5, 5.41) is 5.14. The fraction of sp³-hybridized carbons (Fsp3) is 0.0909. The second kappa shape index (κ2) is 8.77. The van der Waals surface area contributed by atoms with E-state index in [1.807, 2.05) is 0 Å². The minimum atomic E-state index is -0.892. The summed E-state index contributed by atoms with van der Waals surface area (Å²) in [5.41, 5.74) is 0.365. The number of carbonyl (C=O) groups excluding carboxylic acids is 2. The van der Waals surface area contributed by atoms with Crippen LogP contribution < -0.4 is 10.6 Å². The second-order valence-corrected chi connectivity index (χ2v) is 6.55. The van der Waals surface area contributed by atoms with Crippen LogP contribution >= 0.6 is 0 Å². The third-order valence-electron chi connectivity index (χ3n) is 4.27. The van der Waals surface area contributed by atoms with Crippen LogP contribution in [0.25, 0.3) is 0 Å². The monoisotopic (exact) mass is 416 g/mol. The average Bonchev–Trinajstić information content (AvgIpc) is 2.66. The molecule has 1 atom stereocenters. The number of rotatable bonds is 5. The van der Waals surface area contributed by atoms with Crippen molar-refractivity contribution >= 4 is 17.5 Å². The van der Waals surface area contributed by atoms with Crippen molar-refractivity contribution in [1.29, 1.82) is 0 Å². The zero-order valence-corrected chi connectivity index (χ0v) is 15.7. The summed E-state index contributed by atoms with van der Waals surface area (Å²) in [4.78, 5) is 24.7. The van der Waals surface area contributed by atoms with Crippen molar-refractivity contribution in [1.82, 2.24) is 5.32 Å². The molecule has 0 saturated heterocycles. The first-order valence-corrected chi connectivity index (χ1v) is 8.86. The molecule has 0 heterocycles. The van der Waals surface area contributed by atoms with E-state index in [0.717, 1.165) is 24.3 Å². The van der Waals surface area contributed by atoms with E-state index in [-0.39, 0.29) is 11.1 Å². The maximum atomic E-state index is 13.4. The first kappa shape index (κ1) is 21.0. The Morgan fingerprint density at radius 1 is 0.733 bits per heavy atom. The average molecular weight is 416 g/mol. The Balaban J connectivity index is 1.80. The molecule has 0 aliphatic rings. The van der Waals surface area contributed by atoms with E-state index in [9.17, 15) is 27.2 Å². The molecule has 0 aliphatic heterocycles. The van der Waals surface area contributed by atoms with Crippen LogP contribution in [0.1, 0.15) is 39.2 Å². The van der Waals surface area contributed by atoms with Crippen LogP contribution in [0.5, 0.6) is 0 Å². The van der Waals surface area contributed by atoms with Gasteiger partial charge < -0.3 is 10.6 Å². The molecule has 4 nitrogen and oxygen atoms in total. The number of benzene rings is 3. The number of hydrogen-bond donors (Lipinski definition) is 2. The van der Waals surface area contributed by atoms with Gasteiger partial charge >= 0.3 is 0 Å². The number of hydrogen-bond acceptors (Lipinski definition) is 2. The first-order chi connectivity index (χ1) is 14.2. The molecule has 154 valence electrons. The van der Waals surface area contributed by atoms with Gasteiger partial charge in [0.2, 0.25) is 0 Å². The van der Waals surface area contributed by atoms with Crippen LogP contribution in [0.3, 0.4) is 0 Å². The fourth-order valence-electron chi connectivity index (χ4n) is 2.91. The summed E-state index contributed by atoms with van der Waals surface area (Å²) >= 11 is 0. The van der Waals surface area contributed by atoms with E-state index in [1.165, 1.54) is 0 Å². The van der Waals surface area contributed by atoms with Crippen LogP contribution in [-0.2, 0) is 0 Å². The fourth-order valence-corrected chi connectivity index (χ4v) is 2.91. The molecular formula is C22H16F4N2O2. The standard InChI is InChI=1S/C22H16F4N2O2/c1-12(27-21(29)13-6-15(23)10-16(24)7-13)19-4-2-3-5-20(19)28-22(30)14-8-17(25)11-18(26)9-14/h2-12H,1H3,(H,27,29)(H,28,30)/t12-/m1/s1. The number of carbonyl (C=O) groups is 2. The Kier molecular flexibility index (Phi) is 6.15. The van der Waals surface area contributed by atoms with Crippen molar-refractivity contribution < 1.29 is 27.2 Å². The Morgan fingerprint density at radius 2 is 1.20 bits per heavy atom. The highest BCUT2D eigenvalue weighted by molar-refractivity contribution is 6.04. The van der Waals surface area contributed by atoms with Crippen LogP contribution in [0.2, 0.25) is 0 Å². The molecule has 8 heteroatoms. The van der Waals surface area contributed by atoms with Crippen molar-refractivity contribution in [2.24, 2.45) is 0 Å². The van der Waals surface area contributed by atoms with Gasteiger partial charge in [-0.3, -0.25) is 9.59 Å². The minimum Gasteiger partial charge on any atom is -0.345 e. The molecule has 3 aromatic carbocycles. The molecular weight excluding hydrogens is 400 g/mol. The van der Waals surface area contributed by atoms with Crippen LogP contribution in [0, 0.1) is 23.3 Å². The lowest BCUT2D eigenvalue weighted by Gasteiger charge is -2.19. The van der Waals surface area contributed by atoms with E-state index in [4.69, 9.17) is 0 Å². The molecule has 0 spiro atoms. The van der Waals surface area contributed by atoms with Gasteiger partial charge in [0.05, 0.1) is 6.04 Å². The molecule has 0 radical (unpaired) electrons. The number of para-hydroxylation sites is 1. The Bertz CT molecular complexity index is 1080. The summed E-state index contributed by atoms with van der Waals surface area (Å²) in [6, 6.07) is 10.7. The summed E-state index contributed by atoms with van der Waals surface area (Å²) in [5.74, 6) is -5.01. The molecule has 0 aliphatic carbocycles. The zero-order valence-electron chi connectivity index (χ0n) is 15.7. The van der Waals surface area contributed by atoms with Crippen molar-refractivity contribution in [3.8, 4) is 0 Å². The summed E-state index contributed by atoms with van der Waals surface area (Å²) in [7, 11) is 0. The molecule has 30 heavy (non-hydrogen) atoms. The van der Waals surface area contributed by atoms with Gasteiger partial charge in [0.15, 0.2) is 0 Å². The lowest BCUT2D eigenvalue weighted by atomic mass is 10.0. The second-order valence-electron chi connectivity index (χ2n) is 6.55. The molecule has 2 N–H and O–H groups in total. The summed E-state index contributed by atoms with van der Waals surface area (Å²) < 4.78 is 53.5. The maximum Gasteiger partial charge on any atom is 0.255 e. The largest absolute Gasteiger partial charge is 0.345 e. The van der Waals surface area contributed by atoms with E-state index in [1.54, 1.807) is 31.2 Å². The molecule has 0 fully saturated rings. The zero-order chi connectivity index (χ0) is 21.8. The predicted molar refractivity (Wildman–Crippen MR) is 103 cm³/mol. The Morgan fingerprint density at radius 3 is 1.73 bits per heavy atom. The van der Waals surface area contributed by atoms with Gasteiger partial charge in [-0.05, 0) is 42.8 Å². The SMILES string of the molecule is C[C@@H](NC(=O)c1cc(F)cc(F)c1)c1ccccc1NC(=O)c1cc(F)cc(F)c1. The molecule has 0 bridgehead atoms. The number of halogens is 4. The molecule has 0 aromatic heterocycles. The molecule has 3 rings (SSSR count). The van der Waals surface area contributed by atoms with Gasteiger partial charge in [0.25, 0.3) is 11.8 Å². The van der Waals surface area contributed by atoms with E-state index < -0.39 is 41.1 Å². The lowest BCUT2D eigenvalue weighted by molar-refractivity contribution is 0.0938. The maximum absolute atomic E-state index is 13.4. The molecule has 2 amide bonds. The topological polar surface area (TPSA) is 58.2 Å². The highest BCUT2D eigenvalue weighted by Crippen LogP contribution is 2.24. The lowest BCUT2D eigenvalue weighted by Crippen LogP contribution is -2.28. The van der Waals surface area contributed by atoms with E-state index in [0.29, 0.717) is 23.4 Å². The smallest absolute Gasteiger partial charge is 0.255 e. The Hall–Kier alpha value is -3.68. The quantitative estimate of drug-likeness (QED) is 0.576. The van der Waals surface area contributed by atoms with Gasteiger partial charge in [-0.15, -0.1) is 0 Å². The normalized spacial score (nSPS) is 11.6. The van der Waals surface area contributed by atoms with Crippen molar-refractivity contribution in [3.63, 3.8) is 0 Å². The molecule has 0 saturated carbocycles. The van der Waals surface area contributed by atoms with Crippen LogP contribution in [-0.4, -0.2) is 11.8 Å². The highest BCUT2D eigenvalue weighted by Gasteiger charge is 2.18. The van der Waals surface area contributed by atoms with E-state index >= 15 is 0 Å². The van der Waals surface area contributed by atoms with E-state index in [2.05, 4.69) is 10.6 Å². The number of nitrogens with one attached hydrogen (secondary N) is 2. The first-order valence-electron chi connectivity index (χ1n) is 8.86.